The molecule has 1 atom stereocenters. The van der Waals surface area contributed by atoms with E-state index >= 15 is 0 Å². The third-order valence-corrected chi connectivity index (χ3v) is 1.44. The molecule has 1 heterocycles. The molecular formula is C8H8FLiNO3-. The van der Waals surface area contributed by atoms with E-state index in [1.807, 2.05) is 0 Å². The Morgan fingerprint density at radius 1 is 1.64 bits per heavy atom. The Morgan fingerprint density at radius 2 is 2.29 bits per heavy atom. The molecule has 72 valence electrons. The Balaban J connectivity index is 0. The minimum absolute atomic E-state index is 0. The number of aliphatic hydroxyl groups is 1. The van der Waals surface area contributed by atoms with E-state index < -0.39 is 18.3 Å². The van der Waals surface area contributed by atoms with Crippen LogP contribution in [0.4, 0.5) is 4.39 Å². The van der Waals surface area contributed by atoms with Gasteiger partial charge in [-0.25, -0.2) is 4.39 Å². The fourth-order valence-corrected chi connectivity index (χ4v) is 0.834. The van der Waals surface area contributed by atoms with Gasteiger partial charge in [0, 0.05) is 12.8 Å². The maximum atomic E-state index is 12.9. The first kappa shape index (κ1) is 15.7. The summed E-state index contributed by atoms with van der Waals surface area (Å²) < 4.78 is 12.9. The first-order chi connectivity index (χ1) is 5.79. The molecule has 0 aliphatic carbocycles. The van der Waals surface area contributed by atoms with Crippen molar-refractivity contribution in [2.45, 2.75) is 5.92 Å². The van der Waals surface area contributed by atoms with Crippen LogP contribution in [0.5, 0.6) is 0 Å². The largest absolute Gasteiger partial charge is 1.00 e. The second-order valence-electron chi connectivity index (χ2n) is 2.22. The van der Waals surface area contributed by atoms with Crippen LogP contribution in [-0.2, 0) is 4.79 Å². The maximum Gasteiger partial charge on any atom is 1.00 e. The monoisotopic (exact) mass is 192 g/mol. The summed E-state index contributed by atoms with van der Waals surface area (Å²) in [5.41, 5.74) is -0.0602. The van der Waals surface area contributed by atoms with Gasteiger partial charge < -0.3 is 15.4 Å². The number of hydrogen-bond donors (Lipinski definition) is 1. The molecule has 6 heteroatoms. The number of aliphatic hydroxyl groups excluding tert-OH is 1. The summed E-state index contributed by atoms with van der Waals surface area (Å²) in [6, 6.07) is 2.60. The van der Waals surface area contributed by atoms with Gasteiger partial charge in [0.2, 0.25) is 0 Å². The van der Waals surface area contributed by atoms with Gasteiger partial charge in [-0.1, -0.05) is 5.92 Å². The normalized spacial score (nSPS) is 10.7. The van der Waals surface area contributed by atoms with E-state index in [0.717, 1.165) is 0 Å². The van der Waals surface area contributed by atoms with Crippen molar-refractivity contribution in [3.05, 3.63) is 29.8 Å². The molecule has 0 saturated heterocycles. The summed E-state index contributed by atoms with van der Waals surface area (Å²) in [6.45, 7) is -0.475. The zero-order chi connectivity index (χ0) is 8.97. The number of hydrogen-bond acceptors (Lipinski definition) is 4. The second kappa shape index (κ2) is 7.65. The molecule has 1 aromatic rings. The van der Waals surface area contributed by atoms with Crippen LogP contribution in [0, 0.1) is 5.82 Å². The van der Waals surface area contributed by atoms with Gasteiger partial charge >= 0.3 is 18.9 Å². The molecule has 0 bridgehead atoms. The van der Waals surface area contributed by atoms with Gasteiger partial charge in [-0.3, -0.25) is 11.3 Å². The average Bonchev–Trinajstić information content (AvgIpc) is 2.10. The van der Waals surface area contributed by atoms with Gasteiger partial charge in [-0.2, -0.15) is 0 Å². The van der Waals surface area contributed by atoms with Crippen LogP contribution in [0.2, 0.25) is 0 Å². The van der Waals surface area contributed by atoms with Crippen LogP contribution < -0.4 is 18.9 Å². The number of carbonyl (C=O) groups excluding carboxylic acids is 1. The molecule has 1 aromatic heterocycles. The van der Waals surface area contributed by atoms with Crippen molar-refractivity contribution in [3.63, 3.8) is 0 Å². The molecule has 0 aromatic carbocycles. The SMILES string of the molecule is O=[C-]C(CO)c1ncccc1F.[Li+].[OH-]. The van der Waals surface area contributed by atoms with Gasteiger partial charge in [0.05, 0.1) is 5.69 Å². The van der Waals surface area contributed by atoms with Crippen molar-refractivity contribution >= 4 is 6.29 Å². The predicted octanol–water partition coefficient (Wildman–Crippen LogP) is -2.77. The molecule has 14 heavy (non-hydrogen) atoms. The van der Waals surface area contributed by atoms with Crippen molar-refractivity contribution in [1.82, 2.24) is 4.98 Å². The smallest absolute Gasteiger partial charge is 0.870 e. The molecule has 0 aliphatic rings. The zero-order valence-electron chi connectivity index (χ0n) is 7.64. The van der Waals surface area contributed by atoms with E-state index in [9.17, 15) is 9.18 Å². The molecule has 0 saturated carbocycles. The Labute approximate surface area is 92.6 Å². The number of pyridine rings is 1. The molecule has 2 N–H and O–H groups in total. The van der Waals surface area contributed by atoms with Crippen molar-refractivity contribution in [3.8, 4) is 0 Å². The summed E-state index contributed by atoms with van der Waals surface area (Å²) in [5, 5.41) is 8.63. The first-order valence-electron chi connectivity index (χ1n) is 3.38. The average molecular weight is 192 g/mol. The summed E-state index contributed by atoms with van der Waals surface area (Å²) in [6.07, 6.45) is 2.87. The van der Waals surface area contributed by atoms with Crippen molar-refractivity contribution in [2.75, 3.05) is 6.61 Å². The van der Waals surface area contributed by atoms with E-state index in [1.165, 1.54) is 24.6 Å². The number of rotatable bonds is 3. The van der Waals surface area contributed by atoms with E-state index in [-0.39, 0.29) is 30.0 Å². The Hall–Kier alpha value is -0.733. The van der Waals surface area contributed by atoms with E-state index in [2.05, 4.69) is 4.98 Å². The standard InChI is InChI=1S/C8H7FNO2.Li.H2O/c9-7-2-1-3-10-8(7)6(4-11)5-12;;/h1-3,6,11H,4H2;;1H2/q-1;+1;/p-1. The third kappa shape index (κ3) is 3.56. The molecular weight excluding hydrogens is 184 g/mol. The van der Waals surface area contributed by atoms with Crippen LogP contribution in [0.3, 0.4) is 0 Å². The van der Waals surface area contributed by atoms with Crippen LogP contribution in [0.1, 0.15) is 11.6 Å². The molecule has 0 amide bonds. The van der Waals surface area contributed by atoms with Crippen LogP contribution >= 0.6 is 0 Å². The van der Waals surface area contributed by atoms with Gasteiger partial charge in [0.1, 0.15) is 5.82 Å². The maximum absolute atomic E-state index is 12.9. The van der Waals surface area contributed by atoms with Crippen molar-refractivity contribution < 1.29 is 38.6 Å². The quantitative estimate of drug-likeness (QED) is 0.415. The molecule has 0 radical (unpaired) electrons. The summed E-state index contributed by atoms with van der Waals surface area (Å²) >= 11 is 0. The fraction of sp³-hybridized carbons (Fsp3) is 0.250. The Morgan fingerprint density at radius 3 is 2.71 bits per heavy atom. The van der Waals surface area contributed by atoms with Crippen molar-refractivity contribution in [1.29, 1.82) is 0 Å². The molecule has 0 spiro atoms. The van der Waals surface area contributed by atoms with Gasteiger partial charge in [-0.05, 0) is 12.1 Å². The van der Waals surface area contributed by atoms with E-state index in [0.29, 0.717) is 0 Å². The number of halogens is 1. The van der Waals surface area contributed by atoms with E-state index in [4.69, 9.17) is 5.11 Å². The first-order valence-corrected chi connectivity index (χ1v) is 3.38. The van der Waals surface area contributed by atoms with Crippen LogP contribution in [0.25, 0.3) is 0 Å². The third-order valence-electron chi connectivity index (χ3n) is 1.44. The predicted molar refractivity (Wildman–Crippen MR) is 41.7 cm³/mol. The van der Waals surface area contributed by atoms with Crippen LogP contribution in [-0.4, -0.2) is 28.5 Å². The number of aromatic nitrogens is 1. The Bertz CT molecular complexity index is 285. The molecule has 1 unspecified atom stereocenters. The van der Waals surface area contributed by atoms with E-state index in [1.54, 1.807) is 0 Å². The summed E-state index contributed by atoms with van der Waals surface area (Å²) in [5.74, 6) is -1.58. The summed E-state index contributed by atoms with van der Waals surface area (Å²) in [4.78, 5) is 13.8. The topological polar surface area (TPSA) is 80.2 Å². The summed E-state index contributed by atoms with van der Waals surface area (Å²) in [7, 11) is 0. The van der Waals surface area contributed by atoms with Gasteiger partial charge in [-0.15, -0.1) is 0 Å². The van der Waals surface area contributed by atoms with Gasteiger partial charge in [0.15, 0.2) is 0 Å². The zero-order valence-corrected chi connectivity index (χ0v) is 7.64. The molecule has 1 rings (SSSR count). The minimum Gasteiger partial charge on any atom is -0.870 e. The molecule has 0 aliphatic heterocycles. The molecule has 0 fully saturated rings. The number of nitrogens with zero attached hydrogens (tertiary/aromatic N) is 1. The minimum atomic E-state index is -0.980. The van der Waals surface area contributed by atoms with Gasteiger partial charge in [0.25, 0.3) is 0 Å². The second-order valence-corrected chi connectivity index (χ2v) is 2.22. The van der Waals surface area contributed by atoms with Crippen molar-refractivity contribution in [2.24, 2.45) is 0 Å². The fourth-order valence-electron chi connectivity index (χ4n) is 0.834. The molecule has 4 nitrogen and oxygen atoms in total. The van der Waals surface area contributed by atoms with Crippen LogP contribution in [0.15, 0.2) is 18.3 Å². The Kier molecular flexibility index (Phi) is 8.59.